The summed E-state index contributed by atoms with van der Waals surface area (Å²) >= 11 is 0. The Morgan fingerprint density at radius 1 is 1.00 bits per heavy atom. The fourth-order valence-corrected chi connectivity index (χ4v) is 2.10. The number of rotatable bonds is 1. The van der Waals surface area contributed by atoms with Crippen LogP contribution in [-0.2, 0) is 11.3 Å². The van der Waals surface area contributed by atoms with Gasteiger partial charge in [0.15, 0.2) is 0 Å². The fourth-order valence-electron chi connectivity index (χ4n) is 2.10. The van der Waals surface area contributed by atoms with E-state index in [9.17, 15) is 0 Å². The Morgan fingerprint density at radius 3 is 2.67 bits per heavy atom. The smallest absolute Gasteiger partial charge is 0.128 e. The highest BCUT2D eigenvalue weighted by atomic mass is 16.5. The van der Waals surface area contributed by atoms with Crippen molar-refractivity contribution in [1.29, 1.82) is 5.26 Å². The molecule has 2 heteroatoms. The number of fused-ring (bicyclic) bond motifs is 1. The van der Waals surface area contributed by atoms with E-state index in [2.05, 4.69) is 18.2 Å². The minimum absolute atomic E-state index is 0.557. The second kappa shape index (κ2) is 4.38. The first kappa shape index (κ1) is 10.6. The average molecular weight is 233 g/mol. The Bertz CT molecular complexity index is 665. The highest BCUT2D eigenvalue weighted by Gasteiger charge is 2.14. The molecule has 2 nitrogen and oxygen atoms in total. The Balaban J connectivity index is 2.10. The van der Waals surface area contributed by atoms with Crippen LogP contribution in [-0.4, -0.2) is 0 Å². The van der Waals surface area contributed by atoms with Crippen LogP contribution in [0.25, 0.3) is 11.8 Å². The Kier molecular flexibility index (Phi) is 2.59. The molecular weight excluding hydrogens is 222 g/mol. The first-order valence-electron chi connectivity index (χ1n) is 5.80. The lowest BCUT2D eigenvalue weighted by atomic mass is 10.0. The van der Waals surface area contributed by atoms with Gasteiger partial charge in [0.25, 0.3) is 0 Å². The lowest BCUT2D eigenvalue weighted by Gasteiger charge is -2.18. The molecule has 2 aromatic carbocycles. The van der Waals surface area contributed by atoms with Gasteiger partial charge in [0.05, 0.1) is 11.6 Å². The van der Waals surface area contributed by atoms with E-state index >= 15 is 0 Å². The van der Waals surface area contributed by atoms with Crippen LogP contribution in [0, 0.1) is 11.3 Å². The third kappa shape index (κ3) is 1.76. The molecule has 0 saturated carbocycles. The van der Waals surface area contributed by atoms with E-state index in [1.54, 1.807) is 6.07 Å². The zero-order chi connectivity index (χ0) is 12.4. The normalized spacial score (nSPS) is 12.9. The van der Waals surface area contributed by atoms with Gasteiger partial charge in [-0.2, -0.15) is 5.26 Å². The molecule has 1 heterocycles. The maximum atomic E-state index is 9.11. The molecule has 0 unspecified atom stereocenters. The second-order valence-corrected chi connectivity index (χ2v) is 4.15. The second-order valence-electron chi connectivity index (χ2n) is 4.15. The summed E-state index contributed by atoms with van der Waals surface area (Å²) in [6.45, 7) is 0.557. The SMILES string of the molecule is N#Cc1ccccc1C1=Cc2ccccc2CO1. The molecule has 0 saturated heterocycles. The molecular formula is C16H11NO. The van der Waals surface area contributed by atoms with E-state index in [1.165, 1.54) is 5.56 Å². The van der Waals surface area contributed by atoms with Crippen molar-refractivity contribution in [2.75, 3.05) is 0 Å². The summed E-state index contributed by atoms with van der Waals surface area (Å²) < 4.78 is 5.74. The van der Waals surface area contributed by atoms with Gasteiger partial charge < -0.3 is 4.74 Å². The van der Waals surface area contributed by atoms with Gasteiger partial charge in [0, 0.05) is 5.56 Å². The Hall–Kier alpha value is -2.53. The summed E-state index contributed by atoms with van der Waals surface area (Å²) in [7, 11) is 0. The molecule has 86 valence electrons. The van der Waals surface area contributed by atoms with Crippen LogP contribution >= 0.6 is 0 Å². The van der Waals surface area contributed by atoms with Gasteiger partial charge in [0.2, 0.25) is 0 Å². The van der Waals surface area contributed by atoms with Crippen LogP contribution in [0.4, 0.5) is 0 Å². The van der Waals surface area contributed by atoms with Gasteiger partial charge in [-0.1, -0.05) is 36.4 Å². The first-order chi connectivity index (χ1) is 8.88. The Morgan fingerprint density at radius 2 is 1.78 bits per heavy atom. The zero-order valence-electron chi connectivity index (χ0n) is 9.76. The maximum absolute atomic E-state index is 9.11. The van der Waals surface area contributed by atoms with Gasteiger partial charge in [-0.25, -0.2) is 0 Å². The van der Waals surface area contributed by atoms with Gasteiger partial charge >= 0.3 is 0 Å². The number of hydrogen-bond donors (Lipinski definition) is 0. The van der Waals surface area contributed by atoms with Crippen molar-refractivity contribution in [2.45, 2.75) is 6.61 Å². The molecule has 0 aliphatic carbocycles. The molecule has 18 heavy (non-hydrogen) atoms. The number of hydrogen-bond acceptors (Lipinski definition) is 2. The van der Waals surface area contributed by atoms with Crippen molar-refractivity contribution >= 4 is 11.8 Å². The first-order valence-corrected chi connectivity index (χ1v) is 5.80. The maximum Gasteiger partial charge on any atom is 0.128 e. The highest BCUT2D eigenvalue weighted by Crippen LogP contribution is 2.29. The summed E-state index contributed by atoms with van der Waals surface area (Å²) in [6.07, 6.45) is 2.00. The summed E-state index contributed by atoms with van der Waals surface area (Å²) in [6, 6.07) is 17.8. The number of ether oxygens (including phenoxy) is 1. The van der Waals surface area contributed by atoms with Crippen molar-refractivity contribution in [3.63, 3.8) is 0 Å². The molecule has 3 rings (SSSR count). The number of nitriles is 1. The predicted molar refractivity (Wildman–Crippen MR) is 70.3 cm³/mol. The zero-order valence-corrected chi connectivity index (χ0v) is 9.76. The van der Waals surface area contributed by atoms with Gasteiger partial charge in [0.1, 0.15) is 12.4 Å². The van der Waals surface area contributed by atoms with Crippen molar-refractivity contribution in [2.24, 2.45) is 0 Å². The van der Waals surface area contributed by atoms with E-state index in [0.29, 0.717) is 12.2 Å². The fraction of sp³-hybridized carbons (Fsp3) is 0.0625. The average Bonchev–Trinajstić information content (AvgIpc) is 2.46. The van der Waals surface area contributed by atoms with Crippen LogP contribution in [0.15, 0.2) is 48.5 Å². The highest BCUT2D eigenvalue weighted by molar-refractivity contribution is 5.82. The van der Waals surface area contributed by atoms with E-state index in [4.69, 9.17) is 10.00 Å². The van der Waals surface area contributed by atoms with E-state index in [0.717, 1.165) is 16.9 Å². The van der Waals surface area contributed by atoms with E-state index in [1.807, 2.05) is 36.4 Å². The molecule has 0 radical (unpaired) electrons. The van der Waals surface area contributed by atoms with Gasteiger partial charge in [-0.3, -0.25) is 0 Å². The minimum atomic E-state index is 0.557. The molecule has 1 aliphatic heterocycles. The summed E-state index contributed by atoms with van der Waals surface area (Å²) in [4.78, 5) is 0. The monoisotopic (exact) mass is 233 g/mol. The van der Waals surface area contributed by atoms with E-state index in [-0.39, 0.29) is 0 Å². The van der Waals surface area contributed by atoms with Crippen LogP contribution < -0.4 is 0 Å². The van der Waals surface area contributed by atoms with E-state index < -0.39 is 0 Å². The number of nitrogens with zero attached hydrogens (tertiary/aromatic N) is 1. The van der Waals surface area contributed by atoms with Crippen molar-refractivity contribution in [3.8, 4) is 6.07 Å². The molecule has 0 N–H and O–H groups in total. The molecule has 0 atom stereocenters. The molecule has 0 fully saturated rings. The topological polar surface area (TPSA) is 33.0 Å². The quantitative estimate of drug-likeness (QED) is 0.754. The molecule has 0 spiro atoms. The number of benzene rings is 2. The molecule has 0 bridgehead atoms. The largest absolute Gasteiger partial charge is 0.488 e. The molecule has 0 amide bonds. The van der Waals surface area contributed by atoms with Crippen molar-refractivity contribution in [1.82, 2.24) is 0 Å². The summed E-state index contributed by atoms with van der Waals surface area (Å²) in [5.41, 5.74) is 3.83. The van der Waals surface area contributed by atoms with Crippen LogP contribution in [0.1, 0.15) is 22.3 Å². The lowest BCUT2D eigenvalue weighted by Crippen LogP contribution is -2.02. The van der Waals surface area contributed by atoms with Crippen molar-refractivity contribution < 1.29 is 4.74 Å². The summed E-state index contributed by atoms with van der Waals surface area (Å²) in [5.74, 6) is 0.769. The van der Waals surface area contributed by atoms with Gasteiger partial charge in [-0.15, -0.1) is 0 Å². The van der Waals surface area contributed by atoms with Crippen LogP contribution in [0.2, 0.25) is 0 Å². The molecule has 1 aliphatic rings. The molecule has 0 aromatic heterocycles. The van der Waals surface area contributed by atoms with Crippen LogP contribution in [0.3, 0.4) is 0 Å². The minimum Gasteiger partial charge on any atom is -0.488 e. The molecule has 2 aromatic rings. The Labute approximate surface area is 106 Å². The summed E-state index contributed by atoms with van der Waals surface area (Å²) in [5, 5.41) is 9.11. The van der Waals surface area contributed by atoms with Crippen molar-refractivity contribution in [3.05, 3.63) is 70.8 Å². The third-order valence-electron chi connectivity index (χ3n) is 3.04. The van der Waals surface area contributed by atoms with Crippen LogP contribution in [0.5, 0.6) is 0 Å². The van der Waals surface area contributed by atoms with Gasteiger partial charge in [-0.05, 0) is 29.3 Å². The lowest BCUT2D eigenvalue weighted by molar-refractivity contribution is 0.262. The standard InChI is InChI=1S/C16H11NO/c17-10-13-6-3-4-8-15(13)16-9-12-5-1-2-7-14(12)11-18-16/h1-9H,11H2. The predicted octanol–water partition coefficient (Wildman–Crippen LogP) is 3.59. The third-order valence-corrected chi connectivity index (χ3v) is 3.04.